The van der Waals surface area contributed by atoms with Crippen molar-refractivity contribution in [2.75, 3.05) is 13.7 Å². The molecule has 6 heteroatoms. The van der Waals surface area contributed by atoms with Gasteiger partial charge in [-0.1, -0.05) is 6.07 Å². The Bertz CT molecular complexity index is 967. The minimum atomic E-state index is -0.137. The van der Waals surface area contributed by atoms with E-state index in [0.717, 1.165) is 29.3 Å². The Morgan fingerprint density at radius 3 is 2.89 bits per heavy atom. The van der Waals surface area contributed by atoms with E-state index in [1.807, 2.05) is 36.5 Å². The molecular formula is C21H23N3O3. The van der Waals surface area contributed by atoms with Gasteiger partial charge in [-0.25, -0.2) is 0 Å². The Morgan fingerprint density at radius 2 is 2.11 bits per heavy atom. The number of nitrogens with one attached hydrogen (secondary N) is 2. The number of aromatic amines is 1. The summed E-state index contributed by atoms with van der Waals surface area (Å²) in [5.41, 5.74) is 2.39. The topological polar surface area (TPSA) is 84.1 Å². The van der Waals surface area contributed by atoms with Gasteiger partial charge in [0.05, 0.1) is 12.6 Å². The first-order chi connectivity index (χ1) is 13.2. The molecular weight excluding hydrogens is 342 g/mol. The van der Waals surface area contributed by atoms with Crippen LogP contribution in [-0.4, -0.2) is 29.5 Å². The van der Waals surface area contributed by atoms with Crippen molar-refractivity contribution in [3.8, 4) is 5.75 Å². The number of benzene rings is 1. The molecule has 2 aromatic heterocycles. The average Bonchev–Trinajstić information content (AvgIpc) is 2.69. The number of aryl methyl sites for hydroxylation is 1. The van der Waals surface area contributed by atoms with E-state index in [0.29, 0.717) is 30.7 Å². The molecule has 0 unspecified atom stereocenters. The number of methoxy groups -OCH3 is 1. The summed E-state index contributed by atoms with van der Waals surface area (Å²) in [6.07, 6.45) is 6.11. The van der Waals surface area contributed by atoms with Crippen molar-refractivity contribution in [3.05, 3.63) is 70.3 Å². The van der Waals surface area contributed by atoms with Gasteiger partial charge in [-0.15, -0.1) is 0 Å². The largest absolute Gasteiger partial charge is 0.497 e. The summed E-state index contributed by atoms with van der Waals surface area (Å²) in [7, 11) is 1.59. The maximum absolute atomic E-state index is 12.2. The molecule has 3 rings (SSSR count). The number of H-pyrrole nitrogens is 1. The van der Waals surface area contributed by atoms with Crippen LogP contribution >= 0.6 is 0 Å². The lowest BCUT2D eigenvalue weighted by Crippen LogP contribution is -2.27. The number of hydrogen-bond acceptors (Lipinski definition) is 4. The molecule has 2 N–H and O–H groups in total. The number of hydrogen-bond donors (Lipinski definition) is 2. The minimum absolute atomic E-state index is 0.000782. The zero-order valence-corrected chi connectivity index (χ0v) is 15.3. The van der Waals surface area contributed by atoms with E-state index in [1.165, 1.54) is 0 Å². The van der Waals surface area contributed by atoms with Gasteiger partial charge in [0.2, 0.25) is 5.91 Å². The summed E-state index contributed by atoms with van der Waals surface area (Å²) >= 11 is 0. The Hall–Kier alpha value is -3.15. The molecule has 1 amide bonds. The fraction of sp³-hybridized carbons (Fsp3) is 0.286. The van der Waals surface area contributed by atoms with Crippen molar-refractivity contribution >= 4 is 16.8 Å². The molecule has 3 aromatic rings. The van der Waals surface area contributed by atoms with Gasteiger partial charge >= 0.3 is 0 Å². The lowest BCUT2D eigenvalue weighted by atomic mass is 10.1. The standard InChI is InChI=1S/C21H23N3O3/c1-27-18-8-7-16-12-17(21(26)24-19(16)13-18)9-11-23-20(25)6-2-4-15-5-3-10-22-14-15/h3,5,7-8,10,12-14H,2,4,6,9,11H2,1H3,(H,23,25)(H,24,26). The van der Waals surface area contributed by atoms with Gasteiger partial charge in [0.1, 0.15) is 5.75 Å². The minimum Gasteiger partial charge on any atom is -0.497 e. The van der Waals surface area contributed by atoms with Crippen LogP contribution in [0.25, 0.3) is 10.9 Å². The molecule has 0 fully saturated rings. The van der Waals surface area contributed by atoms with Crippen molar-refractivity contribution in [1.29, 1.82) is 0 Å². The second kappa shape index (κ2) is 8.98. The Morgan fingerprint density at radius 1 is 1.22 bits per heavy atom. The molecule has 0 aliphatic carbocycles. The number of fused-ring (bicyclic) bond motifs is 1. The lowest BCUT2D eigenvalue weighted by molar-refractivity contribution is -0.121. The molecule has 1 aromatic carbocycles. The van der Waals surface area contributed by atoms with Crippen LogP contribution in [0.4, 0.5) is 0 Å². The summed E-state index contributed by atoms with van der Waals surface area (Å²) in [6, 6.07) is 11.3. The van der Waals surface area contributed by atoms with Crippen LogP contribution in [0.2, 0.25) is 0 Å². The molecule has 27 heavy (non-hydrogen) atoms. The number of amides is 1. The molecule has 0 aliphatic heterocycles. The van der Waals surface area contributed by atoms with E-state index in [2.05, 4.69) is 15.3 Å². The first-order valence-corrected chi connectivity index (χ1v) is 9.01. The van der Waals surface area contributed by atoms with E-state index >= 15 is 0 Å². The van der Waals surface area contributed by atoms with Crippen LogP contribution in [0.5, 0.6) is 5.75 Å². The summed E-state index contributed by atoms with van der Waals surface area (Å²) in [4.78, 5) is 31.1. The van der Waals surface area contributed by atoms with Gasteiger partial charge in [0.15, 0.2) is 0 Å². The van der Waals surface area contributed by atoms with Gasteiger partial charge in [-0.2, -0.15) is 0 Å². The molecule has 0 saturated heterocycles. The third-order valence-electron chi connectivity index (χ3n) is 4.44. The molecule has 2 heterocycles. The normalized spacial score (nSPS) is 10.7. The summed E-state index contributed by atoms with van der Waals surface area (Å²) in [5, 5.41) is 3.82. The lowest BCUT2D eigenvalue weighted by Gasteiger charge is -2.07. The summed E-state index contributed by atoms with van der Waals surface area (Å²) in [6.45, 7) is 0.441. The van der Waals surface area contributed by atoms with Crippen LogP contribution in [-0.2, 0) is 17.6 Å². The van der Waals surface area contributed by atoms with E-state index in [1.54, 1.807) is 19.4 Å². The second-order valence-electron chi connectivity index (χ2n) is 6.39. The van der Waals surface area contributed by atoms with Crippen LogP contribution in [0.3, 0.4) is 0 Å². The fourth-order valence-electron chi connectivity index (χ4n) is 2.96. The van der Waals surface area contributed by atoms with Crippen molar-refractivity contribution < 1.29 is 9.53 Å². The van der Waals surface area contributed by atoms with E-state index in [-0.39, 0.29) is 11.5 Å². The second-order valence-corrected chi connectivity index (χ2v) is 6.39. The Balaban J connectivity index is 1.49. The van der Waals surface area contributed by atoms with Crippen molar-refractivity contribution in [2.45, 2.75) is 25.7 Å². The highest BCUT2D eigenvalue weighted by atomic mass is 16.5. The smallest absolute Gasteiger partial charge is 0.251 e. The van der Waals surface area contributed by atoms with Crippen LogP contribution in [0.1, 0.15) is 24.0 Å². The summed E-state index contributed by atoms with van der Waals surface area (Å²) in [5.74, 6) is 0.699. The molecule has 0 aliphatic rings. The van der Waals surface area contributed by atoms with Gasteiger partial charge < -0.3 is 15.0 Å². The number of ether oxygens (including phenoxy) is 1. The van der Waals surface area contributed by atoms with Crippen molar-refractivity contribution in [3.63, 3.8) is 0 Å². The Labute approximate surface area is 157 Å². The quantitative estimate of drug-likeness (QED) is 0.643. The average molecular weight is 365 g/mol. The third-order valence-corrected chi connectivity index (χ3v) is 4.44. The third kappa shape index (κ3) is 5.17. The monoisotopic (exact) mass is 365 g/mol. The van der Waals surface area contributed by atoms with Crippen LogP contribution < -0.4 is 15.6 Å². The van der Waals surface area contributed by atoms with Crippen molar-refractivity contribution in [2.24, 2.45) is 0 Å². The molecule has 6 nitrogen and oxygen atoms in total. The molecule has 0 radical (unpaired) electrons. The maximum atomic E-state index is 12.2. The highest BCUT2D eigenvalue weighted by molar-refractivity contribution is 5.80. The van der Waals surface area contributed by atoms with Gasteiger partial charge in [0.25, 0.3) is 5.56 Å². The molecule has 140 valence electrons. The first kappa shape index (κ1) is 18.6. The zero-order chi connectivity index (χ0) is 19.1. The molecule has 0 atom stereocenters. The first-order valence-electron chi connectivity index (χ1n) is 9.01. The maximum Gasteiger partial charge on any atom is 0.251 e. The Kier molecular flexibility index (Phi) is 6.20. The zero-order valence-electron chi connectivity index (χ0n) is 15.3. The highest BCUT2D eigenvalue weighted by Crippen LogP contribution is 2.18. The van der Waals surface area contributed by atoms with E-state index in [4.69, 9.17) is 4.74 Å². The highest BCUT2D eigenvalue weighted by Gasteiger charge is 2.06. The number of nitrogens with zero attached hydrogens (tertiary/aromatic N) is 1. The number of carbonyl (C=O) groups is 1. The number of aromatic nitrogens is 2. The van der Waals surface area contributed by atoms with Gasteiger partial charge in [-0.05, 0) is 54.5 Å². The SMILES string of the molecule is COc1ccc2cc(CCNC(=O)CCCc3cccnc3)c(=O)[nH]c2c1. The number of pyridine rings is 2. The van der Waals surface area contributed by atoms with Crippen LogP contribution in [0.15, 0.2) is 53.6 Å². The van der Waals surface area contributed by atoms with Crippen molar-refractivity contribution in [1.82, 2.24) is 15.3 Å². The van der Waals surface area contributed by atoms with Gasteiger partial charge in [-0.3, -0.25) is 14.6 Å². The predicted molar refractivity (Wildman–Crippen MR) is 105 cm³/mol. The van der Waals surface area contributed by atoms with Crippen LogP contribution in [0, 0.1) is 0 Å². The number of rotatable bonds is 8. The molecule has 0 spiro atoms. The van der Waals surface area contributed by atoms with E-state index < -0.39 is 0 Å². The summed E-state index contributed by atoms with van der Waals surface area (Å²) < 4.78 is 5.17. The predicted octanol–water partition coefficient (Wildman–Crippen LogP) is 2.61. The van der Waals surface area contributed by atoms with Gasteiger partial charge in [0, 0.05) is 37.0 Å². The number of carbonyl (C=O) groups excluding carboxylic acids is 1. The fourth-order valence-corrected chi connectivity index (χ4v) is 2.96. The van der Waals surface area contributed by atoms with E-state index in [9.17, 15) is 9.59 Å². The molecule has 0 bridgehead atoms. The molecule has 0 saturated carbocycles.